The van der Waals surface area contributed by atoms with Crippen LogP contribution in [-0.2, 0) is 6.54 Å². The molecule has 1 aliphatic rings. The molecule has 160 valence electrons. The van der Waals surface area contributed by atoms with Gasteiger partial charge < -0.3 is 9.88 Å². The number of nitrogens with one attached hydrogen (secondary N) is 1. The van der Waals surface area contributed by atoms with Gasteiger partial charge in [-0.2, -0.15) is 0 Å². The Hall–Kier alpha value is -3.41. The topological polar surface area (TPSA) is 75.2 Å². The molecule has 1 aromatic heterocycles. The van der Waals surface area contributed by atoms with E-state index in [0.29, 0.717) is 36.1 Å². The SMILES string of the molecule is CCCCCn1c(=O)[nH]c2cc(C(=O)N3CC=C(c4ccccc4)CC3)ccc2c1=O. The summed E-state index contributed by atoms with van der Waals surface area (Å²) in [6.45, 7) is 3.65. The molecule has 0 bridgehead atoms. The van der Waals surface area contributed by atoms with Crippen LogP contribution in [0.3, 0.4) is 0 Å². The number of aromatic amines is 1. The number of unbranched alkanes of at least 4 members (excludes halogenated alkanes) is 2. The number of hydrogen-bond acceptors (Lipinski definition) is 3. The van der Waals surface area contributed by atoms with Crippen LogP contribution in [0, 0.1) is 0 Å². The molecule has 0 saturated carbocycles. The number of benzene rings is 2. The summed E-state index contributed by atoms with van der Waals surface area (Å²) in [4.78, 5) is 42.7. The first-order valence-corrected chi connectivity index (χ1v) is 10.9. The molecule has 4 rings (SSSR count). The summed E-state index contributed by atoms with van der Waals surface area (Å²) in [6, 6.07) is 15.1. The Morgan fingerprint density at radius 2 is 1.87 bits per heavy atom. The van der Waals surface area contributed by atoms with E-state index in [1.165, 1.54) is 15.7 Å². The van der Waals surface area contributed by atoms with Crippen molar-refractivity contribution in [3.8, 4) is 0 Å². The molecule has 0 spiro atoms. The number of carbonyl (C=O) groups excluding carboxylic acids is 1. The molecule has 1 amide bonds. The van der Waals surface area contributed by atoms with Crippen LogP contribution in [0.15, 0.2) is 64.2 Å². The standard InChI is InChI=1S/C25H27N3O3/c1-2-3-7-14-28-24(30)21-11-10-20(17-22(21)26-25(28)31)23(29)27-15-12-19(13-16-27)18-8-5-4-6-9-18/h4-6,8-12,17H,2-3,7,13-16H2,1H3,(H,26,31). The van der Waals surface area contributed by atoms with Gasteiger partial charge in [0.05, 0.1) is 10.9 Å². The van der Waals surface area contributed by atoms with Crippen LogP contribution in [0.5, 0.6) is 0 Å². The van der Waals surface area contributed by atoms with Crippen LogP contribution in [0.4, 0.5) is 0 Å². The molecule has 1 aliphatic heterocycles. The summed E-state index contributed by atoms with van der Waals surface area (Å²) in [5, 5.41) is 0.428. The van der Waals surface area contributed by atoms with Crippen LogP contribution in [-0.4, -0.2) is 33.4 Å². The van der Waals surface area contributed by atoms with E-state index in [0.717, 1.165) is 25.7 Å². The number of hydrogen-bond donors (Lipinski definition) is 1. The van der Waals surface area contributed by atoms with Gasteiger partial charge >= 0.3 is 5.69 Å². The highest BCUT2D eigenvalue weighted by Crippen LogP contribution is 2.23. The second-order valence-electron chi connectivity index (χ2n) is 7.95. The maximum Gasteiger partial charge on any atom is 0.328 e. The average molecular weight is 418 g/mol. The zero-order valence-corrected chi connectivity index (χ0v) is 17.8. The Bertz CT molecular complexity index is 1240. The van der Waals surface area contributed by atoms with E-state index in [-0.39, 0.29) is 11.5 Å². The quantitative estimate of drug-likeness (QED) is 0.620. The predicted octanol–water partition coefficient (Wildman–Crippen LogP) is 3.81. The van der Waals surface area contributed by atoms with Gasteiger partial charge in [0.25, 0.3) is 11.5 Å². The molecule has 31 heavy (non-hydrogen) atoms. The summed E-state index contributed by atoms with van der Waals surface area (Å²) < 4.78 is 1.25. The normalized spacial score (nSPS) is 14.0. The Labute approximate surface area is 180 Å². The van der Waals surface area contributed by atoms with Gasteiger partial charge in [-0.15, -0.1) is 0 Å². The van der Waals surface area contributed by atoms with E-state index in [1.54, 1.807) is 23.1 Å². The molecule has 0 aliphatic carbocycles. The lowest BCUT2D eigenvalue weighted by Crippen LogP contribution is -2.36. The number of aromatic nitrogens is 2. The van der Waals surface area contributed by atoms with Gasteiger partial charge in [-0.3, -0.25) is 14.2 Å². The lowest BCUT2D eigenvalue weighted by Gasteiger charge is -2.27. The van der Waals surface area contributed by atoms with Gasteiger partial charge in [-0.05, 0) is 42.2 Å². The first-order valence-electron chi connectivity index (χ1n) is 10.9. The number of amides is 1. The van der Waals surface area contributed by atoms with Gasteiger partial charge in [-0.1, -0.05) is 56.2 Å². The molecular formula is C25H27N3O3. The molecule has 0 fully saturated rings. The van der Waals surface area contributed by atoms with Crippen molar-refractivity contribution in [1.29, 1.82) is 0 Å². The number of carbonyl (C=O) groups is 1. The van der Waals surface area contributed by atoms with Crippen molar-refractivity contribution < 1.29 is 4.79 Å². The fourth-order valence-corrected chi connectivity index (χ4v) is 4.06. The Morgan fingerprint density at radius 3 is 2.58 bits per heavy atom. The maximum absolute atomic E-state index is 13.0. The molecule has 6 heteroatoms. The van der Waals surface area contributed by atoms with Crippen molar-refractivity contribution in [2.24, 2.45) is 0 Å². The van der Waals surface area contributed by atoms with Crippen molar-refractivity contribution in [2.75, 3.05) is 13.1 Å². The van der Waals surface area contributed by atoms with E-state index in [4.69, 9.17) is 0 Å². The van der Waals surface area contributed by atoms with E-state index in [9.17, 15) is 14.4 Å². The third-order valence-electron chi connectivity index (χ3n) is 5.86. The fourth-order valence-electron chi connectivity index (χ4n) is 4.06. The van der Waals surface area contributed by atoms with Crippen LogP contribution in [0.1, 0.15) is 48.5 Å². The molecule has 6 nitrogen and oxygen atoms in total. The Balaban J connectivity index is 1.55. The summed E-state index contributed by atoms with van der Waals surface area (Å²) in [7, 11) is 0. The lowest BCUT2D eigenvalue weighted by atomic mass is 9.99. The number of H-pyrrole nitrogens is 1. The number of fused-ring (bicyclic) bond motifs is 1. The second kappa shape index (κ2) is 9.16. The van der Waals surface area contributed by atoms with E-state index >= 15 is 0 Å². The zero-order valence-electron chi connectivity index (χ0n) is 17.8. The summed E-state index contributed by atoms with van der Waals surface area (Å²) >= 11 is 0. The molecule has 2 heterocycles. The van der Waals surface area contributed by atoms with Gasteiger partial charge in [0.15, 0.2) is 0 Å². The average Bonchev–Trinajstić information content (AvgIpc) is 2.81. The minimum atomic E-state index is -0.424. The van der Waals surface area contributed by atoms with Crippen molar-refractivity contribution in [2.45, 2.75) is 39.2 Å². The van der Waals surface area contributed by atoms with Gasteiger partial charge in [-0.25, -0.2) is 4.79 Å². The number of nitrogens with zero attached hydrogens (tertiary/aromatic N) is 2. The van der Waals surface area contributed by atoms with E-state index in [2.05, 4.69) is 30.1 Å². The zero-order chi connectivity index (χ0) is 21.8. The van der Waals surface area contributed by atoms with Crippen molar-refractivity contribution >= 4 is 22.4 Å². The van der Waals surface area contributed by atoms with Gasteiger partial charge in [0.1, 0.15) is 0 Å². The fraction of sp³-hybridized carbons (Fsp3) is 0.320. The third-order valence-corrected chi connectivity index (χ3v) is 5.86. The van der Waals surface area contributed by atoms with Crippen LogP contribution in [0.25, 0.3) is 16.5 Å². The minimum absolute atomic E-state index is 0.0989. The molecular weight excluding hydrogens is 390 g/mol. The first kappa shape index (κ1) is 20.8. The monoisotopic (exact) mass is 417 g/mol. The van der Waals surface area contributed by atoms with Crippen molar-refractivity contribution in [1.82, 2.24) is 14.5 Å². The van der Waals surface area contributed by atoms with Gasteiger partial charge in [0, 0.05) is 25.2 Å². The second-order valence-corrected chi connectivity index (χ2v) is 7.95. The molecule has 2 aromatic carbocycles. The molecule has 0 radical (unpaired) electrons. The highest BCUT2D eigenvalue weighted by atomic mass is 16.2. The molecule has 0 unspecified atom stereocenters. The lowest BCUT2D eigenvalue weighted by molar-refractivity contribution is 0.0773. The number of rotatable bonds is 6. The van der Waals surface area contributed by atoms with Crippen LogP contribution >= 0.6 is 0 Å². The smallest absolute Gasteiger partial charge is 0.328 e. The first-order chi connectivity index (χ1) is 15.1. The summed E-state index contributed by atoms with van der Waals surface area (Å²) in [5.74, 6) is -0.0989. The molecule has 0 atom stereocenters. The van der Waals surface area contributed by atoms with E-state index < -0.39 is 5.69 Å². The minimum Gasteiger partial charge on any atom is -0.335 e. The van der Waals surface area contributed by atoms with E-state index in [1.807, 2.05) is 18.2 Å². The maximum atomic E-state index is 13.0. The molecule has 0 saturated heterocycles. The summed E-state index contributed by atoms with van der Waals surface area (Å²) in [5.41, 5.74) is 2.59. The molecule has 1 N–H and O–H groups in total. The predicted molar refractivity (Wildman–Crippen MR) is 123 cm³/mol. The van der Waals surface area contributed by atoms with Crippen LogP contribution in [0.2, 0.25) is 0 Å². The Morgan fingerprint density at radius 1 is 1.06 bits per heavy atom. The van der Waals surface area contributed by atoms with Crippen LogP contribution < -0.4 is 11.2 Å². The van der Waals surface area contributed by atoms with Crippen molar-refractivity contribution in [3.63, 3.8) is 0 Å². The van der Waals surface area contributed by atoms with Gasteiger partial charge in [0.2, 0.25) is 0 Å². The largest absolute Gasteiger partial charge is 0.335 e. The third kappa shape index (κ3) is 4.38. The van der Waals surface area contributed by atoms with Crippen molar-refractivity contribution in [3.05, 3.63) is 86.6 Å². The summed E-state index contributed by atoms with van der Waals surface area (Å²) in [6.07, 6.45) is 5.66. The molecule has 3 aromatic rings. The highest BCUT2D eigenvalue weighted by molar-refractivity contribution is 5.98. The Kier molecular flexibility index (Phi) is 6.16. The highest BCUT2D eigenvalue weighted by Gasteiger charge is 2.20.